The highest BCUT2D eigenvalue weighted by molar-refractivity contribution is 7.99. The third kappa shape index (κ3) is 2.51. The first-order valence-electron chi connectivity index (χ1n) is 4.43. The largest absolute Gasteiger partial charge is 0.245 e. The second-order valence-corrected chi connectivity index (χ2v) is 4.40. The summed E-state index contributed by atoms with van der Waals surface area (Å²) < 4.78 is 0. The van der Waals surface area contributed by atoms with E-state index in [1.807, 2.05) is 6.07 Å². The van der Waals surface area contributed by atoms with Crippen LogP contribution in [0.1, 0.15) is 5.56 Å². The van der Waals surface area contributed by atoms with Gasteiger partial charge in [-0.25, -0.2) is 9.97 Å². The number of halogens is 1. The Morgan fingerprint density at radius 1 is 1.31 bits per heavy atom. The molecule has 0 fully saturated rings. The summed E-state index contributed by atoms with van der Waals surface area (Å²) in [6.07, 6.45) is 3.14. The molecule has 0 unspecified atom stereocenters. The molecule has 0 aliphatic heterocycles. The van der Waals surface area contributed by atoms with Crippen LogP contribution in [-0.2, 0) is 0 Å². The topological polar surface area (TPSA) is 49.6 Å². The van der Waals surface area contributed by atoms with E-state index in [-0.39, 0.29) is 0 Å². The normalized spacial score (nSPS) is 9.75. The molecule has 5 heteroatoms. The van der Waals surface area contributed by atoms with Crippen molar-refractivity contribution in [3.8, 4) is 6.07 Å². The molecule has 1 aromatic heterocycles. The third-order valence-electron chi connectivity index (χ3n) is 1.83. The summed E-state index contributed by atoms with van der Waals surface area (Å²) in [5.41, 5.74) is 0.552. The molecule has 0 bridgehead atoms. The third-order valence-corrected chi connectivity index (χ3v) is 3.09. The van der Waals surface area contributed by atoms with E-state index >= 15 is 0 Å². The van der Waals surface area contributed by atoms with Crippen LogP contribution in [0.15, 0.2) is 46.7 Å². The van der Waals surface area contributed by atoms with Gasteiger partial charge in [0.2, 0.25) is 0 Å². The molecule has 0 saturated heterocycles. The molecule has 0 aliphatic rings. The van der Waals surface area contributed by atoms with E-state index in [9.17, 15) is 0 Å². The van der Waals surface area contributed by atoms with E-state index in [0.29, 0.717) is 10.6 Å². The first-order valence-corrected chi connectivity index (χ1v) is 5.62. The highest BCUT2D eigenvalue weighted by atomic mass is 35.5. The van der Waals surface area contributed by atoms with Crippen LogP contribution in [0, 0.1) is 11.3 Å². The van der Waals surface area contributed by atoms with Gasteiger partial charge in [-0.2, -0.15) is 5.26 Å². The minimum atomic E-state index is 0.552. The molecule has 1 aromatic carbocycles. The molecule has 3 nitrogen and oxygen atoms in total. The van der Waals surface area contributed by atoms with Crippen molar-refractivity contribution < 1.29 is 0 Å². The zero-order valence-electron chi connectivity index (χ0n) is 8.09. The zero-order chi connectivity index (χ0) is 11.4. The van der Waals surface area contributed by atoms with Crippen LogP contribution in [0.2, 0.25) is 5.02 Å². The maximum absolute atomic E-state index is 8.97. The summed E-state index contributed by atoms with van der Waals surface area (Å²) in [6.45, 7) is 0. The highest BCUT2D eigenvalue weighted by Crippen LogP contribution is 2.29. The Hall–Kier alpha value is -1.57. The SMILES string of the molecule is N#Cc1cc(Cl)ccc1Sc1ccncn1. The second kappa shape index (κ2) is 4.97. The summed E-state index contributed by atoms with van der Waals surface area (Å²) in [4.78, 5) is 8.75. The van der Waals surface area contributed by atoms with Crippen LogP contribution in [0.25, 0.3) is 0 Å². The summed E-state index contributed by atoms with van der Waals surface area (Å²) in [6, 6.07) is 9.11. The van der Waals surface area contributed by atoms with E-state index in [4.69, 9.17) is 16.9 Å². The van der Waals surface area contributed by atoms with Gasteiger partial charge in [0.1, 0.15) is 17.4 Å². The van der Waals surface area contributed by atoms with Crippen LogP contribution >= 0.6 is 23.4 Å². The first kappa shape index (κ1) is 10.9. The van der Waals surface area contributed by atoms with Crippen molar-refractivity contribution in [2.75, 3.05) is 0 Å². The molecule has 78 valence electrons. The van der Waals surface area contributed by atoms with E-state index in [1.54, 1.807) is 24.4 Å². The average Bonchev–Trinajstić information content (AvgIpc) is 2.33. The van der Waals surface area contributed by atoms with E-state index in [2.05, 4.69) is 16.0 Å². The maximum atomic E-state index is 8.97. The molecule has 0 spiro atoms. The fraction of sp³-hybridized carbons (Fsp3) is 0. The number of hydrogen-bond donors (Lipinski definition) is 0. The molecular formula is C11H6ClN3S. The van der Waals surface area contributed by atoms with Crippen molar-refractivity contribution in [1.29, 1.82) is 5.26 Å². The summed E-state index contributed by atoms with van der Waals surface area (Å²) >= 11 is 7.23. The van der Waals surface area contributed by atoms with Crippen molar-refractivity contribution in [2.24, 2.45) is 0 Å². The Morgan fingerprint density at radius 2 is 2.19 bits per heavy atom. The quantitative estimate of drug-likeness (QED) is 0.765. The monoisotopic (exact) mass is 247 g/mol. The number of aromatic nitrogens is 2. The molecular weight excluding hydrogens is 242 g/mol. The number of hydrogen-bond acceptors (Lipinski definition) is 4. The van der Waals surface area contributed by atoms with Gasteiger partial charge in [-0.15, -0.1) is 0 Å². The summed E-state index contributed by atoms with van der Waals surface area (Å²) in [5.74, 6) is 0. The Balaban J connectivity index is 2.32. The van der Waals surface area contributed by atoms with Crippen molar-refractivity contribution in [2.45, 2.75) is 9.92 Å². The van der Waals surface area contributed by atoms with Gasteiger partial charge in [-0.05, 0) is 24.3 Å². The lowest BCUT2D eigenvalue weighted by Gasteiger charge is -2.02. The summed E-state index contributed by atoms with van der Waals surface area (Å²) in [7, 11) is 0. The fourth-order valence-electron chi connectivity index (χ4n) is 1.13. The number of rotatable bonds is 2. The lowest BCUT2D eigenvalue weighted by Crippen LogP contribution is -1.84. The molecule has 2 aromatic rings. The smallest absolute Gasteiger partial charge is 0.116 e. The Bertz CT molecular complexity index is 537. The molecule has 0 saturated carbocycles. The van der Waals surface area contributed by atoms with Crippen LogP contribution in [0.3, 0.4) is 0 Å². The maximum Gasteiger partial charge on any atom is 0.116 e. The molecule has 0 aliphatic carbocycles. The van der Waals surface area contributed by atoms with Gasteiger partial charge in [0.15, 0.2) is 0 Å². The van der Waals surface area contributed by atoms with Gasteiger partial charge >= 0.3 is 0 Å². The van der Waals surface area contributed by atoms with Crippen molar-refractivity contribution in [1.82, 2.24) is 9.97 Å². The molecule has 0 atom stereocenters. The van der Waals surface area contributed by atoms with Gasteiger partial charge in [0.25, 0.3) is 0 Å². The molecule has 16 heavy (non-hydrogen) atoms. The average molecular weight is 248 g/mol. The Morgan fingerprint density at radius 3 is 2.88 bits per heavy atom. The van der Waals surface area contributed by atoms with E-state index in [0.717, 1.165) is 9.92 Å². The van der Waals surface area contributed by atoms with Crippen LogP contribution in [0.5, 0.6) is 0 Å². The second-order valence-electron chi connectivity index (χ2n) is 2.90. The minimum absolute atomic E-state index is 0.552. The lowest BCUT2D eigenvalue weighted by atomic mass is 10.2. The number of nitrogens with zero attached hydrogens (tertiary/aromatic N) is 3. The fourth-order valence-corrected chi connectivity index (χ4v) is 2.11. The minimum Gasteiger partial charge on any atom is -0.245 e. The van der Waals surface area contributed by atoms with Crippen LogP contribution in [0.4, 0.5) is 0 Å². The van der Waals surface area contributed by atoms with E-state index in [1.165, 1.54) is 18.1 Å². The highest BCUT2D eigenvalue weighted by Gasteiger charge is 2.05. The molecule has 1 heterocycles. The van der Waals surface area contributed by atoms with E-state index < -0.39 is 0 Å². The Labute approximate surface area is 102 Å². The molecule has 0 N–H and O–H groups in total. The predicted octanol–water partition coefficient (Wildman–Crippen LogP) is 3.15. The number of benzene rings is 1. The zero-order valence-corrected chi connectivity index (χ0v) is 9.66. The van der Waals surface area contributed by atoms with Crippen LogP contribution < -0.4 is 0 Å². The lowest BCUT2D eigenvalue weighted by molar-refractivity contribution is 1.05. The summed E-state index contributed by atoms with van der Waals surface area (Å²) in [5, 5.41) is 10.3. The van der Waals surface area contributed by atoms with Gasteiger partial charge in [-0.3, -0.25) is 0 Å². The molecule has 0 amide bonds. The van der Waals surface area contributed by atoms with Gasteiger partial charge in [0, 0.05) is 16.1 Å². The number of nitriles is 1. The molecule has 2 rings (SSSR count). The van der Waals surface area contributed by atoms with Gasteiger partial charge < -0.3 is 0 Å². The van der Waals surface area contributed by atoms with Gasteiger partial charge in [0.05, 0.1) is 5.56 Å². The van der Waals surface area contributed by atoms with Crippen LogP contribution in [-0.4, -0.2) is 9.97 Å². The van der Waals surface area contributed by atoms with Crippen molar-refractivity contribution in [3.05, 3.63) is 47.4 Å². The standard InChI is InChI=1S/C11H6ClN3S/c12-9-1-2-10(8(5-9)6-13)16-11-3-4-14-7-15-11/h1-5,7H. The molecule has 0 radical (unpaired) electrons. The van der Waals surface area contributed by atoms with Gasteiger partial charge in [-0.1, -0.05) is 23.4 Å². The van der Waals surface area contributed by atoms with Crippen molar-refractivity contribution >= 4 is 23.4 Å². The Kier molecular flexibility index (Phi) is 3.40. The predicted molar refractivity (Wildman–Crippen MR) is 62.3 cm³/mol. The first-order chi connectivity index (χ1) is 7.79. The van der Waals surface area contributed by atoms with Crippen molar-refractivity contribution in [3.63, 3.8) is 0 Å².